The largest absolute Gasteiger partial charge is 0.311 e. The van der Waals surface area contributed by atoms with Crippen LogP contribution in [0.5, 0.6) is 0 Å². The molecular formula is C34H54FN. The van der Waals surface area contributed by atoms with Gasteiger partial charge < -0.3 is 5.32 Å². The Balaban J connectivity index is 1.29. The summed E-state index contributed by atoms with van der Waals surface area (Å²) in [7, 11) is 0. The first-order valence-corrected chi connectivity index (χ1v) is 15.9. The lowest BCUT2D eigenvalue weighted by atomic mass is 9.34. The number of rotatable bonds is 4. The van der Waals surface area contributed by atoms with Gasteiger partial charge in [0, 0.05) is 5.54 Å². The Hall–Kier alpha value is -0.630. The zero-order valence-electron chi connectivity index (χ0n) is 24.1. The molecule has 1 nitrogen and oxygen atoms in total. The van der Waals surface area contributed by atoms with Crippen molar-refractivity contribution in [2.24, 2.45) is 51.8 Å². The molecule has 0 heterocycles. The van der Waals surface area contributed by atoms with E-state index in [1.165, 1.54) is 64.2 Å². The average molecular weight is 496 g/mol. The molecule has 0 aromatic rings. The monoisotopic (exact) mass is 495 g/mol. The predicted molar refractivity (Wildman–Crippen MR) is 150 cm³/mol. The molecule has 0 aliphatic heterocycles. The molecule has 0 aromatic carbocycles. The summed E-state index contributed by atoms with van der Waals surface area (Å²) in [5, 5.41) is 4.06. The fraction of sp³-hybridized carbons (Fsp3) is 0.882. The molecule has 202 valence electrons. The van der Waals surface area contributed by atoms with Crippen LogP contribution in [-0.2, 0) is 0 Å². The molecule has 2 heteroatoms. The Morgan fingerprint density at radius 3 is 2.44 bits per heavy atom. The Bertz CT molecular complexity index is 920. The number of halogens is 1. The molecule has 0 spiro atoms. The van der Waals surface area contributed by atoms with Gasteiger partial charge in [-0.2, -0.15) is 0 Å². The van der Waals surface area contributed by atoms with E-state index < -0.39 is 0 Å². The second kappa shape index (κ2) is 8.96. The van der Waals surface area contributed by atoms with E-state index in [0.717, 1.165) is 49.5 Å². The van der Waals surface area contributed by atoms with Crippen molar-refractivity contribution in [3.63, 3.8) is 0 Å². The first kappa shape index (κ1) is 25.6. The standard InChI is InChI=1S/C34H54FN/c1-6-36-34-17-7-8-29(34)28-13-14-30-31(3)18-15-26(25-11-9-24(22-35)10-12-25)23(2)27(31)16-19-33(30,5)32(28,4)20-21-34/h11,15,23-24,27-30,36H,6-10,12-14,16-22H2,1-5H3/t23?,24?,27?,28-,29-,30?,31?,32-,33?,34?/m1/s1. The second-order valence-electron chi connectivity index (χ2n) is 15.1. The lowest BCUT2D eigenvalue weighted by molar-refractivity contribution is -0.212. The maximum atomic E-state index is 13.2. The Morgan fingerprint density at radius 1 is 0.889 bits per heavy atom. The minimum absolute atomic E-state index is 0.143. The molecular weight excluding hydrogens is 441 g/mol. The van der Waals surface area contributed by atoms with E-state index in [-0.39, 0.29) is 12.6 Å². The maximum Gasteiger partial charge on any atom is 0.0925 e. The summed E-state index contributed by atoms with van der Waals surface area (Å²) < 4.78 is 13.2. The molecule has 6 aliphatic rings. The summed E-state index contributed by atoms with van der Waals surface area (Å²) in [5.74, 6) is 4.42. The molecule has 0 radical (unpaired) electrons. The Kier molecular flexibility index (Phi) is 6.38. The van der Waals surface area contributed by atoms with E-state index in [1.807, 2.05) is 0 Å². The van der Waals surface area contributed by atoms with Crippen LogP contribution in [0.15, 0.2) is 23.3 Å². The average Bonchev–Trinajstić information content (AvgIpc) is 3.29. The minimum atomic E-state index is -0.143. The van der Waals surface area contributed by atoms with Crippen LogP contribution >= 0.6 is 0 Å². The third-order valence-electron chi connectivity index (χ3n) is 14.2. The van der Waals surface area contributed by atoms with Gasteiger partial charge in [0.2, 0.25) is 0 Å². The van der Waals surface area contributed by atoms with Crippen LogP contribution in [0, 0.1) is 51.8 Å². The molecule has 0 aromatic heterocycles. The van der Waals surface area contributed by atoms with E-state index in [2.05, 4.69) is 52.1 Å². The third-order valence-corrected chi connectivity index (χ3v) is 14.2. The normalized spacial score (nSPS) is 52.4. The van der Waals surface area contributed by atoms with E-state index in [4.69, 9.17) is 0 Å². The van der Waals surface area contributed by atoms with Crippen LogP contribution in [0.25, 0.3) is 0 Å². The number of allylic oxidation sites excluding steroid dienone is 4. The van der Waals surface area contributed by atoms with Crippen LogP contribution in [-0.4, -0.2) is 18.8 Å². The topological polar surface area (TPSA) is 12.0 Å². The first-order valence-electron chi connectivity index (χ1n) is 15.9. The Labute approximate surface area is 221 Å². The molecule has 0 bridgehead atoms. The van der Waals surface area contributed by atoms with Crippen molar-refractivity contribution in [1.29, 1.82) is 0 Å². The summed E-state index contributed by atoms with van der Waals surface area (Å²) in [6.45, 7) is 14.1. The van der Waals surface area contributed by atoms with Crippen LogP contribution in [0.1, 0.15) is 118 Å². The molecule has 10 atom stereocenters. The number of alkyl halides is 1. The summed E-state index contributed by atoms with van der Waals surface area (Å²) in [6.07, 6.45) is 22.4. The van der Waals surface area contributed by atoms with Crippen molar-refractivity contribution in [2.45, 2.75) is 124 Å². The van der Waals surface area contributed by atoms with Crippen molar-refractivity contribution < 1.29 is 4.39 Å². The van der Waals surface area contributed by atoms with Gasteiger partial charge in [0.05, 0.1) is 6.67 Å². The highest BCUT2D eigenvalue weighted by Crippen LogP contribution is 2.75. The molecule has 4 saturated carbocycles. The number of hydrogen-bond acceptors (Lipinski definition) is 1. The zero-order chi connectivity index (χ0) is 25.3. The SMILES string of the molecule is CCNC12CCC[C@@H]1[C@H]1CCC3C4(C)CC=C(C5=CCC(CF)CC5)C(C)C4CCC3(C)[C@]1(C)CC2. The van der Waals surface area contributed by atoms with Gasteiger partial charge >= 0.3 is 0 Å². The van der Waals surface area contributed by atoms with Gasteiger partial charge in [-0.1, -0.05) is 53.2 Å². The lowest BCUT2D eigenvalue weighted by Crippen LogP contribution is -2.66. The third kappa shape index (κ3) is 3.40. The highest BCUT2D eigenvalue weighted by molar-refractivity contribution is 5.38. The lowest BCUT2D eigenvalue weighted by Gasteiger charge is -2.71. The van der Waals surface area contributed by atoms with Gasteiger partial charge in [0.1, 0.15) is 0 Å². The first-order chi connectivity index (χ1) is 17.2. The van der Waals surface area contributed by atoms with Crippen molar-refractivity contribution in [2.75, 3.05) is 13.2 Å². The zero-order valence-corrected chi connectivity index (χ0v) is 24.1. The van der Waals surface area contributed by atoms with Gasteiger partial charge in [-0.15, -0.1) is 0 Å². The second-order valence-corrected chi connectivity index (χ2v) is 15.1. The van der Waals surface area contributed by atoms with Crippen LogP contribution in [0.4, 0.5) is 4.39 Å². The predicted octanol–water partition coefficient (Wildman–Crippen LogP) is 9.05. The summed E-state index contributed by atoms with van der Waals surface area (Å²) in [6, 6.07) is 0. The fourth-order valence-electron chi connectivity index (χ4n) is 12.2. The Morgan fingerprint density at radius 2 is 1.72 bits per heavy atom. The summed E-state index contributed by atoms with van der Waals surface area (Å²) in [5.41, 5.74) is 5.09. The van der Waals surface area contributed by atoms with Crippen molar-refractivity contribution >= 4 is 0 Å². The quantitative estimate of drug-likeness (QED) is 0.410. The van der Waals surface area contributed by atoms with Gasteiger partial charge in [-0.05, 0) is 146 Å². The highest BCUT2D eigenvalue weighted by Gasteiger charge is 2.68. The van der Waals surface area contributed by atoms with E-state index in [0.29, 0.717) is 27.7 Å². The molecule has 36 heavy (non-hydrogen) atoms. The van der Waals surface area contributed by atoms with Gasteiger partial charge in [0.15, 0.2) is 0 Å². The van der Waals surface area contributed by atoms with Crippen LogP contribution in [0.2, 0.25) is 0 Å². The number of nitrogens with one attached hydrogen (secondary N) is 1. The van der Waals surface area contributed by atoms with Crippen LogP contribution < -0.4 is 5.32 Å². The molecule has 7 unspecified atom stereocenters. The number of fused-ring (bicyclic) bond motifs is 7. The van der Waals surface area contributed by atoms with Crippen molar-refractivity contribution in [3.8, 4) is 0 Å². The molecule has 0 amide bonds. The fourth-order valence-corrected chi connectivity index (χ4v) is 12.2. The van der Waals surface area contributed by atoms with Gasteiger partial charge in [-0.3, -0.25) is 4.39 Å². The molecule has 6 aliphatic carbocycles. The molecule has 1 N–H and O–H groups in total. The van der Waals surface area contributed by atoms with Crippen molar-refractivity contribution in [3.05, 3.63) is 23.3 Å². The molecule has 4 fully saturated rings. The van der Waals surface area contributed by atoms with Gasteiger partial charge in [-0.25, -0.2) is 0 Å². The molecule has 6 rings (SSSR count). The van der Waals surface area contributed by atoms with Gasteiger partial charge in [0.25, 0.3) is 0 Å². The van der Waals surface area contributed by atoms with Crippen molar-refractivity contribution in [1.82, 2.24) is 5.32 Å². The van der Waals surface area contributed by atoms with E-state index in [1.54, 1.807) is 11.1 Å². The van der Waals surface area contributed by atoms with E-state index in [9.17, 15) is 4.39 Å². The highest BCUT2D eigenvalue weighted by atomic mass is 19.1. The summed E-state index contributed by atoms with van der Waals surface area (Å²) >= 11 is 0. The number of hydrogen-bond donors (Lipinski definition) is 1. The summed E-state index contributed by atoms with van der Waals surface area (Å²) in [4.78, 5) is 0. The minimum Gasteiger partial charge on any atom is -0.311 e. The smallest absolute Gasteiger partial charge is 0.0925 e. The van der Waals surface area contributed by atoms with Crippen LogP contribution in [0.3, 0.4) is 0 Å². The maximum absolute atomic E-state index is 13.2. The van der Waals surface area contributed by atoms with E-state index >= 15 is 0 Å². The molecule has 0 saturated heterocycles.